The van der Waals surface area contributed by atoms with Crippen LogP contribution in [0.3, 0.4) is 0 Å². The summed E-state index contributed by atoms with van der Waals surface area (Å²) in [5.74, 6) is 0. The van der Waals surface area contributed by atoms with Gasteiger partial charge in [-0.2, -0.15) is 0 Å². The van der Waals surface area contributed by atoms with Gasteiger partial charge >= 0.3 is 0 Å². The monoisotopic (exact) mass is 212 g/mol. The summed E-state index contributed by atoms with van der Waals surface area (Å²) >= 11 is 0. The van der Waals surface area contributed by atoms with Gasteiger partial charge in [0.25, 0.3) is 0 Å². The fourth-order valence-corrected chi connectivity index (χ4v) is 2.03. The molecule has 0 aliphatic carbocycles. The molecule has 0 radical (unpaired) electrons. The molecular weight excluding hydrogens is 184 g/mol. The summed E-state index contributed by atoms with van der Waals surface area (Å²) in [5, 5.41) is 7.09. The second-order valence-electron chi connectivity index (χ2n) is 6.18. The second-order valence-corrected chi connectivity index (χ2v) is 6.18. The fourth-order valence-electron chi connectivity index (χ4n) is 2.03. The van der Waals surface area contributed by atoms with Crippen LogP contribution in [-0.2, 0) is 0 Å². The topological polar surface area (TPSA) is 24.1 Å². The highest BCUT2D eigenvalue weighted by Gasteiger charge is 2.26. The van der Waals surface area contributed by atoms with Crippen molar-refractivity contribution in [3.8, 4) is 0 Å². The van der Waals surface area contributed by atoms with Crippen LogP contribution in [-0.4, -0.2) is 26.2 Å². The van der Waals surface area contributed by atoms with Gasteiger partial charge in [-0.25, -0.2) is 0 Å². The molecule has 0 amide bonds. The minimum atomic E-state index is 0.448. The minimum Gasteiger partial charge on any atom is -0.317 e. The van der Waals surface area contributed by atoms with E-state index in [1.54, 1.807) is 0 Å². The van der Waals surface area contributed by atoms with Gasteiger partial charge in [0.15, 0.2) is 0 Å². The Morgan fingerprint density at radius 3 is 2.40 bits per heavy atom. The van der Waals surface area contributed by atoms with E-state index < -0.39 is 0 Å². The highest BCUT2D eigenvalue weighted by atomic mass is 14.9. The van der Waals surface area contributed by atoms with Gasteiger partial charge < -0.3 is 10.6 Å². The van der Waals surface area contributed by atoms with Crippen LogP contribution >= 0.6 is 0 Å². The lowest BCUT2D eigenvalue weighted by Gasteiger charge is -2.35. The summed E-state index contributed by atoms with van der Waals surface area (Å²) in [7, 11) is 0. The molecule has 0 bridgehead atoms. The SMILES string of the molecule is CCC(C)(C)CNCC1(C)CCNCC1. The molecule has 15 heavy (non-hydrogen) atoms. The molecule has 1 aliphatic rings. The van der Waals surface area contributed by atoms with E-state index in [9.17, 15) is 0 Å². The van der Waals surface area contributed by atoms with Crippen LogP contribution in [0.2, 0.25) is 0 Å². The molecule has 2 nitrogen and oxygen atoms in total. The summed E-state index contributed by atoms with van der Waals surface area (Å²) in [6.45, 7) is 14.1. The molecule has 1 saturated heterocycles. The van der Waals surface area contributed by atoms with Crippen molar-refractivity contribution in [1.82, 2.24) is 10.6 Å². The predicted octanol–water partition coefficient (Wildman–Crippen LogP) is 2.40. The number of rotatable bonds is 5. The van der Waals surface area contributed by atoms with E-state index in [1.165, 1.54) is 38.9 Å². The first-order valence-electron chi connectivity index (χ1n) is 6.39. The van der Waals surface area contributed by atoms with Gasteiger partial charge in [-0.15, -0.1) is 0 Å². The Bertz CT molecular complexity index is 181. The standard InChI is InChI=1S/C13H28N2/c1-5-12(2,3)10-15-11-13(4)6-8-14-9-7-13/h14-15H,5-11H2,1-4H3. The van der Waals surface area contributed by atoms with Gasteiger partial charge in [-0.3, -0.25) is 0 Å². The van der Waals surface area contributed by atoms with Crippen molar-refractivity contribution >= 4 is 0 Å². The van der Waals surface area contributed by atoms with Gasteiger partial charge in [0.1, 0.15) is 0 Å². The predicted molar refractivity (Wildman–Crippen MR) is 67.2 cm³/mol. The lowest BCUT2D eigenvalue weighted by atomic mass is 9.80. The molecule has 0 aromatic rings. The Kier molecular flexibility index (Phi) is 4.60. The zero-order valence-electron chi connectivity index (χ0n) is 10.9. The molecule has 0 atom stereocenters. The van der Waals surface area contributed by atoms with Gasteiger partial charge in [0.05, 0.1) is 0 Å². The summed E-state index contributed by atoms with van der Waals surface area (Å²) in [5.41, 5.74) is 0.971. The summed E-state index contributed by atoms with van der Waals surface area (Å²) in [4.78, 5) is 0. The highest BCUT2D eigenvalue weighted by molar-refractivity contribution is 4.83. The van der Waals surface area contributed by atoms with Crippen LogP contribution in [0.25, 0.3) is 0 Å². The van der Waals surface area contributed by atoms with Crippen molar-refractivity contribution in [2.24, 2.45) is 10.8 Å². The van der Waals surface area contributed by atoms with Gasteiger partial charge in [-0.05, 0) is 43.2 Å². The van der Waals surface area contributed by atoms with Crippen LogP contribution < -0.4 is 10.6 Å². The van der Waals surface area contributed by atoms with Crippen molar-refractivity contribution < 1.29 is 0 Å². The Morgan fingerprint density at radius 1 is 1.27 bits per heavy atom. The Morgan fingerprint density at radius 2 is 1.87 bits per heavy atom. The first-order valence-corrected chi connectivity index (χ1v) is 6.39. The van der Waals surface area contributed by atoms with Crippen LogP contribution in [0.4, 0.5) is 0 Å². The van der Waals surface area contributed by atoms with Crippen molar-refractivity contribution in [2.75, 3.05) is 26.2 Å². The first kappa shape index (κ1) is 13.0. The van der Waals surface area contributed by atoms with Crippen molar-refractivity contribution in [1.29, 1.82) is 0 Å². The molecule has 0 unspecified atom stereocenters. The third-order valence-corrected chi connectivity index (χ3v) is 3.92. The number of hydrogen-bond donors (Lipinski definition) is 2. The maximum atomic E-state index is 3.66. The highest BCUT2D eigenvalue weighted by Crippen LogP contribution is 2.27. The third-order valence-electron chi connectivity index (χ3n) is 3.92. The minimum absolute atomic E-state index is 0.448. The van der Waals surface area contributed by atoms with E-state index >= 15 is 0 Å². The summed E-state index contributed by atoms with van der Waals surface area (Å²) < 4.78 is 0. The largest absolute Gasteiger partial charge is 0.317 e. The van der Waals surface area contributed by atoms with E-state index in [1.807, 2.05) is 0 Å². The molecule has 1 aliphatic heterocycles. The van der Waals surface area contributed by atoms with Crippen LogP contribution in [0.15, 0.2) is 0 Å². The van der Waals surface area contributed by atoms with Gasteiger partial charge in [0.2, 0.25) is 0 Å². The fraction of sp³-hybridized carbons (Fsp3) is 1.00. The molecule has 90 valence electrons. The van der Waals surface area contributed by atoms with Crippen molar-refractivity contribution in [3.05, 3.63) is 0 Å². The van der Waals surface area contributed by atoms with E-state index in [2.05, 4.69) is 38.3 Å². The first-order chi connectivity index (χ1) is 6.97. The molecule has 0 saturated carbocycles. The van der Waals surface area contributed by atoms with Crippen molar-refractivity contribution in [2.45, 2.75) is 47.0 Å². The van der Waals surface area contributed by atoms with Crippen LogP contribution in [0.1, 0.15) is 47.0 Å². The molecule has 1 rings (SSSR count). The van der Waals surface area contributed by atoms with Crippen LogP contribution in [0.5, 0.6) is 0 Å². The normalized spacial score (nSPS) is 21.6. The van der Waals surface area contributed by atoms with Gasteiger partial charge in [0, 0.05) is 13.1 Å². The molecule has 1 heterocycles. The lowest BCUT2D eigenvalue weighted by molar-refractivity contribution is 0.206. The third kappa shape index (κ3) is 4.52. The van der Waals surface area contributed by atoms with Crippen LogP contribution in [0, 0.1) is 10.8 Å². The zero-order valence-corrected chi connectivity index (χ0v) is 10.9. The van der Waals surface area contributed by atoms with E-state index in [0.29, 0.717) is 10.8 Å². The Labute approximate surface area is 95.2 Å². The second kappa shape index (κ2) is 5.31. The molecular formula is C13H28N2. The quantitative estimate of drug-likeness (QED) is 0.731. The van der Waals surface area contributed by atoms with Crippen molar-refractivity contribution in [3.63, 3.8) is 0 Å². The average molecular weight is 212 g/mol. The number of piperidine rings is 1. The van der Waals surface area contributed by atoms with E-state index in [4.69, 9.17) is 0 Å². The molecule has 0 spiro atoms. The lowest BCUT2D eigenvalue weighted by Crippen LogP contribution is -2.43. The molecule has 1 fully saturated rings. The average Bonchev–Trinajstić information content (AvgIpc) is 2.18. The number of nitrogens with one attached hydrogen (secondary N) is 2. The molecule has 0 aromatic carbocycles. The zero-order chi connectivity index (χ0) is 11.4. The molecule has 0 aromatic heterocycles. The van der Waals surface area contributed by atoms with E-state index in [-0.39, 0.29) is 0 Å². The number of hydrogen-bond acceptors (Lipinski definition) is 2. The molecule has 2 N–H and O–H groups in total. The Balaban J connectivity index is 2.24. The van der Waals surface area contributed by atoms with E-state index in [0.717, 1.165) is 6.54 Å². The Hall–Kier alpha value is -0.0800. The maximum absolute atomic E-state index is 3.66. The summed E-state index contributed by atoms with van der Waals surface area (Å²) in [6, 6.07) is 0. The maximum Gasteiger partial charge on any atom is 0.000634 e. The summed E-state index contributed by atoms with van der Waals surface area (Å²) in [6.07, 6.45) is 3.87. The molecule has 2 heteroatoms. The van der Waals surface area contributed by atoms with Gasteiger partial charge in [-0.1, -0.05) is 27.7 Å². The smallest absolute Gasteiger partial charge is 0.000634 e.